The molecule has 0 fully saturated rings. The van der Waals surface area contributed by atoms with E-state index in [0.29, 0.717) is 12.5 Å². The van der Waals surface area contributed by atoms with E-state index in [1.807, 2.05) is 18.3 Å². The number of thiazole rings is 1. The van der Waals surface area contributed by atoms with Crippen LogP contribution in [0.3, 0.4) is 0 Å². The molecule has 0 radical (unpaired) electrons. The average molecular weight is 337 g/mol. The molecule has 0 spiro atoms. The molecule has 1 unspecified atom stereocenters. The summed E-state index contributed by atoms with van der Waals surface area (Å²) >= 11 is 1.76. The Labute approximate surface area is 143 Å². The van der Waals surface area contributed by atoms with Crippen molar-refractivity contribution in [3.05, 3.63) is 40.2 Å². The lowest BCUT2D eigenvalue weighted by Gasteiger charge is -2.17. The Bertz CT molecular complexity index is 570. The van der Waals surface area contributed by atoms with Crippen molar-refractivity contribution < 1.29 is 9.15 Å². The van der Waals surface area contributed by atoms with Crippen molar-refractivity contribution in [3.63, 3.8) is 0 Å². The van der Waals surface area contributed by atoms with Gasteiger partial charge in [-0.2, -0.15) is 0 Å². The van der Waals surface area contributed by atoms with Gasteiger partial charge in [0, 0.05) is 29.6 Å². The van der Waals surface area contributed by atoms with Crippen LogP contribution in [-0.2, 0) is 16.7 Å². The van der Waals surface area contributed by atoms with E-state index in [1.54, 1.807) is 17.6 Å². The minimum atomic E-state index is 0.0592. The molecule has 0 saturated heterocycles. The fourth-order valence-electron chi connectivity index (χ4n) is 2.11. The van der Waals surface area contributed by atoms with E-state index in [0.717, 1.165) is 18.9 Å². The lowest BCUT2D eigenvalue weighted by atomic mass is 9.98. The van der Waals surface area contributed by atoms with Crippen LogP contribution in [0.25, 0.3) is 0 Å². The van der Waals surface area contributed by atoms with Gasteiger partial charge in [-0.3, -0.25) is 0 Å². The second kappa shape index (κ2) is 8.08. The molecule has 0 aliphatic carbocycles. The summed E-state index contributed by atoms with van der Waals surface area (Å²) in [7, 11) is 0. The van der Waals surface area contributed by atoms with Gasteiger partial charge in [-0.15, -0.1) is 11.3 Å². The Morgan fingerprint density at radius 3 is 2.65 bits per heavy atom. The van der Waals surface area contributed by atoms with Crippen LogP contribution in [0.1, 0.15) is 56.3 Å². The van der Waals surface area contributed by atoms with E-state index in [1.165, 1.54) is 9.88 Å². The fourth-order valence-corrected chi connectivity index (χ4v) is 3.03. The number of nitrogens with zero attached hydrogens (tertiary/aromatic N) is 1. The van der Waals surface area contributed by atoms with Crippen molar-refractivity contribution in [3.8, 4) is 0 Å². The van der Waals surface area contributed by atoms with Crippen LogP contribution in [0.15, 0.2) is 29.0 Å². The molecule has 2 aromatic rings. The third-order valence-corrected chi connectivity index (χ3v) is 4.76. The zero-order chi connectivity index (χ0) is 16.9. The molecule has 0 aliphatic rings. The molecule has 0 amide bonds. The lowest BCUT2D eigenvalue weighted by Crippen LogP contribution is -2.25. The maximum Gasteiger partial charge on any atom is 0.123 e. The SMILES string of the molecule is CC(C)COCC(NCc1cnc(C(C)(C)C)s1)c1ccco1. The van der Waals surface area contributed by atoms with Crippen LogP contribution in [-0.4, -0.2) is 18.2 Å². The number of nitrogens with one attached hydrogen (secondary N) is 1. The highest BCUT2D eigenvalue weighted by Crippen LogP contribution is 2.27. The van der Waals surface area contributed by atoms with E-state index in [4.69, 9.17) is 9.15 Å². The van der Waals surface area contributed by atoms with Gasteiger partial charge < -0.3 is 14.5 Å². The molecule has 4 nitrogen and oxygen atoms in total. The standard InChI is InChI=1S/C18H28N2O2S/c1-13(2)11-21-12-15(16-7-6-8-22-16)19-9-14-10-20-17(23-14)18(3,4)5/h6-8,10,13,15,19H,9,11-12H2,1-5H3. The van der Waals surface area contributed by atoms with E-state index < -0.39 is 0 Å². The van der Waals surface area contributed by atoms with Crippen molar-refractivity contribution in [1.82, 2.24) is 10.3 Å². The first-order chi connectivity index (χ1) is 10.9. The summed E-state index contributed by atoms with van der Waals surface area (Å²) < 4.78 is 11.3. The predicted octanol–water partition coefficient (Wildman–Crippen LogP) is 4.54. The summed E-state index contributed by atoms with van der Waals surface area (Å²) in [5.41, 5.74) is 0.101. The van der Waals surface area contributed by atoms with Gasteiger partial charge in [0.2, 0.25) is 0 Å². The number of hydrogen-bond acceptors (Lipinski definition) is 5. The number of rotatable bonds is 8. The second-order valence-electron chi connectivity index (χ2n) is 7.26. The van der Waals surface area contributed by atoms with Crippen LogP contribution in [0.5, 0.6) is 0 Å². The van der Waals surface area contributed by atoms with Gasteiger partial charge in [0.15, 0.2) is 0 Å². The van der Waals surface area contributed by atoms with Crippen molar-refractivity contribution in [1.29, 1.82) is 0 Å². The van der Waals surface area contributed by atoms with Crippen LogP contribution in [0.4, 0.5) is 0 Å². The quantitative estimate of drug-likeness (QED) is 0.769. The molecular formula is C18H28N2O2S. The first-order valence-electron chi connectivity index (χ1n) is 8.16. The lowest BCUT2D eigenvalue weighted by molar-refractivity contribution is 0.0845. The number of ether oxygens (including phenoxy) is 1. The summed E-state index contributed by atoms with van der Waals surface area (Å²) in [5.74, 6) is 1.44. The van der Waals surface area contributed by atoms with Gasteiger partial charge in [-0.05, 0) is 18.1 Å². The molecule has 5 heteroatoms. The van der Waals surface area contributed by atoms with Crippen LogP contribution in [0.2, 0.25) is 0 Å². The predicted molar refractivity (Wildman–Crippen MR) is 94.8 cm³/mol. The minimum absolute atomic E-state index is 0.0592. The van der Waals surface area contributed by atoms with Crippen LogP contribution < -0.4 is 5.32 Å². The smallest absolute Gasteiger partial charge is 0.123 e. The monoisotopic (exact) mass is 336 g/mol. The third-order valence-electron chi connectivity index (χ3n) is 3.34. The Morgan fingerprint density at radius 1 is 1.30 bits per heavy atom. The molecule has 2 heterocycles. The van der Waals surface area contributed by atoms with Crippen molar-refractivity contribution in [2.45, 2.75) is 52.6 Å². The molecule has 0 bridgehead atoms. The molecule has 0 aliphatic heterocycles. The van der Waals surface area contributed by atoms with E-state index >= 15 is 0 Å². The molecule has 0 saturated carbocycles. The summed E-state index contributed by atoms with van der Waals surface area (Å²) in [6.07, 6.45) is 3.67. The Hall–Kier alpha value is -1.17. The number of aromatic nitrogens is 1. The minimum Gasteiger partial charge on any atom is -0.468 e. The highest BCUT2D eigenvalue weighted by Gasteiger charge is 2.19. The molecule has 0 aromatic carbocycles. The van der Waals surface area contributed by atoms with Crippen molar-refractivity contribution in [2.75, 3.05) is 13.2 Å². The topological polar surface area (TPSA) is 47.3 Å². The molecule has 1 N–H and O–H groups in total. The molecule has 23 heavy (non-hydrogen) atoms. The zero-order valence-corrected chi connectivity index (χ0v) is 15.6. The normalized spacial score (nSPS) is 13.7. The Kier molecular flexibility index (Phi) is 6.39. The maximum atomic E-state index is 5.79. The summed E-state index contributed by atoms with van der Waals surface area (Å²) in [6, 6.07) is 3.96. The van der Waals surface area contributed by atoms with Crippen molar-refractivity contribution >= 4 is 11.3 Å². The average Bonchev–Trinajstić information content (AvgIpc) is 3.12. The highest BCUT2D eigenvalue weighted by atomic mass is 32.1. The largest absolute Gasteiger partial charge is 0.468 e. The molecule has 2 rings (SSSR count). The van der Waals surface area contributed by atoms with Gasteiger partial charge in [-0.1, -0.05) is 34.6 Å². The van der Waals surface area contributed by atoms with E-state index in [2.05, 4.69) is 44.9 Å². The van der Waals surface area contributed by atoms with Crippen molar-refractivity contribution in [2.24, 2.45) is 5.92 Å². The van der Waals surface area contributed by atoms with Crippen LogP contribution in [0, 0.1) is 5.92 Å². The molecule has 2 aromatic heterocycles. The maximum absolute atomic E-state index is 5.79. The zero-order valence-electron chi connectivity index (χ0n) is 14.8. The first-order valence-corrected chi connectivity index (χ1v) is 8.97. The van der Waals surface area contributed by atoms with Gasteiger partial charge >= 0.3 is 0 Å². The van der Waals surface area contributed by atoms with E-state index in [-0.39, 0.29) is 11.5 Å². The molecule has 128 valence electrons. The summed E-state index contributed by atoms with van der Waals surface area (Å²) in [6.45, 7) is 13.0. The van der Waals surface area contributed by atoms with Crippen LogP contribution >= 0.6 is 11.3 Å². The van der Waals surface area contributed by atoms with Gasteiger partial charge in [0.1, 0.15) is 5.76 Å². The Balaban J connectivity index is 1.94. The number of furan rings is 1. The summed E-state index contributed by atoms with van der Waals surface area (Å²) in [4.78, 5) is 5.77. The van der Waals surface area contributed by atoms with Gasteiger partial charge in [-0.25, -0.2) is 4.98 Å². The fraction of sp³-hybridized carbons (Fsp3) is 0.611. The molecule has 1 atom stereocenters. The van der Waals surface area contributed by atoms with Gasteiger partial charge in [0.05, 0.1) is 23.9 Å². The second-order valence-corrected chi connectivity index (χ2v) is 8.38. The molecular weight excluding hydrogens is 308 g/mol. The van der Waals surface area contributed by atoms with E-state index in [9.17, 15) is 0 Å². The summed E-state index contributed by atoms with van der Waals surface area (Å²) in [5, 5.41) is 4.70. The van der Waals surface area contributed by atoms with Gasteiger partial charge in [0.25, 0.3) is 0 Å². The number of hydrogen-bond donors (Lipinski definition) is 1. The third kappa shape index (κ3) is 5.75. The Morgan fingerprint density at radius 2 is 2.09 bits per heavy atom. The first kappa shape index (κ1) is 18.2. The highest BCUT2D eigenvalue weighted by molar-refractivity contribution is 7.11.